The van der Waals surface area contributed by atoms with Crippen LogP contribution >= 0.6 is 0 Å². The van der Waals surface area contributed by atoms with Crippen molar-refractivity contribution in [2.24, 2.45) is 0 Å². The van der Waals surface area contributed by atoms with E-state index in [9.17, 15) is 0 Å². The first-order chi connectivity index (χ1) is 10.2. The highest BCUT2D eigenvalue weighted by Gasteiger charge is 2.09. The topological polar surface area (TPSA) is 12.9 Å². The SMILES string of the molecule is Cc1cccc(CC[C@H](C)c2cccc3ccccc23)n1. The minimum absolute atomic E-state index is 0.540. The summed E-state index contributed by atoms with van der Waals surface area (Å²) in [7, 11) is 0. The molecule has 1 heteroatoms. The third kappa shape index (κ3) is 3.13. The van der Waals surface area contributed by atoms with Crippen molar-refractivity contribution < 1.29 is 0 Å². The molecule has 1 atom stereocenters. The van der Waals surface area contributed by atoms with Gasteiger partial charge in [-0.3, -0.25) is 4.98 Å². The second kappa shape index (κ2) is 6.09. The molecule has 0 N–H and O–H groups in total. The average molecular weight is 275 g/mol. The number of benzene rings is 2. The molecule has 0 radical (unpaired) electrons. The molecule has 21 heavy (non-hydrogen) atoms. The molecule has 0 aliphatic rings. The molecule has 106 valence electrons. The summed E-state index contributed by atoms with van der Waals surface area (Å²) in [5.74, 6) is 0.540. The standard InChI is InChI=1S/C20H21N/c1-15(13-14-18-10-5-7-16(2)21-18)19-12-6-9-17-8-3-4-11-20(17)19/h3-12,15H,13-14H2,1-2H3/t15-/m0/s1. The van der Waals surface area contributed by atoms with Crippen molar-refractivity contribution in [2.75, 3.05) is 0 Å². The molecule has 0 aliphatic carbocycles. The van der Waals surface area contributed by atoms with Crippen molar-refractivity contribution in [1.82, 2.24) is 4.98 Å². The largest absolute Gasteiger partial charge is 0.258 e. The van der Waals surface area contributed by atoms with Gasteiger partial charge in [0.2, 0.25) is 0 Å². The summed E-state index contributed by atoms with van der Waals surface area (Å²) in [4.78, 5) is 4.60. The number of rotatable bonds is 4. The molecule has 0 aliphatic heterocycles. The number of aryl methyl sites for hydroxylation is 2. The zero-order valence-electron chi connectivity index (χ0n) is 12.7. The second-order valence-corrected chi connectivity index (χ2v) is 5.78. The van der Waals surface area contributed by atoms with Crippen molar-refractivity contribution >= 4 is 10.8 Å². The van der Waals surface area contributed by atoms with E-state index >= 15 is 0 Å². The third-order valence-electron chi connectivity index (χ3n) is 4.13. The number of hydrogen-bond donors (Lipinski definition) is 0. The van der Waals surface area contributed by atoms with E-state index in [0.717, 1.165) is 18.5 Å². The molecule has 1 heterocycles. The first-order valence-electron chi connectivity index (χ1n) is 7.64. The molecule has 3 rings (SSSR count). The Morgan fingerprint density at radius 2 is 1.67 bits per heavy atom. The molecule has 2 aromatic carbocycles. The minimum atomic E-state index is 0.540. The first kappa shape index (κ1) is 13.8. The van der Waals surface area contributed by atoms with Gasteiger partial charge in [0.15, 0.2) is 0 Å². The van der Waals surface area contributed by atoms with Crippen molar-refractivity contribution in [1.29, 1.82) is 0 Å². The quantitative estimate of drug-likeness (QED) is 0.631. The van der Waals surface area contributed by atoms with Gasteiger partial charge in [-0.1, -0.05) is 55.5 Å². The summed E-state index contributed by atoms with van der Waals surface area (Å²) < 4.78 is 0. The van der Waals surface area contributed by atoms with E-state index in [1.807, 2.05) is 0 Å². The van der Waals surface area contributed by atoms with Crippen LogP contribution < -0.4 is 0 Å². The average Bonchev–Trinajstić information content (AvgIpc) is 2.52. The van der Waals surface area contributed by atoms with E-state index in [2.05, 4.69) is 79.5 Å². The van der Waals surface area contributed by atoms with Gasteiger partial charge in [-0.2, -0.15) is 0 Å². The Morgan fingerprint density at radius 1 is 0.905 bits per heavy atom. The van der Waals surface area contributed by atoms with Gasteiger partial charge >= 0.3 is 0 Å². The molecule has 0 unspecified atom stereocenters. The summed E-state index contributed by atoms with van der Waals surface area (Å²) in [6.45, 7) is 4.37. The van der Waals surface area contributed by atoms with E-state index in [1.54, 1.807) is 0 Å². The van der Waals surface area contributed by atoms with Crippen LogP contribution in [0.15, 0.2) is 60.7 Å². The summed E-state index contributed by atoms with van der Waals surface area (Å²) in [6.07, 6.45) is 2.16. The molecule has 0 saturated carbocycles. The third-order valence-corrected chi connectivity index (χ3v) is 4.13. The smallest absolute Gasteiger partial charge is 0.0407 e. The molecular formula is C20H21N. The number of pyridine rings is 1. The van der Waals surface area contributed by atoms with Crippen molar-refractivity contribution in [3.8, 4) is 0 Å². The van der Waals surface area contributed by atoms with Crippen molar-refractivity contribution in [3.05, 3.63) is 77.6 Å². The number of hydrogen-bond acceptors (Lipinski definition) is 1. The Morgan fingerprint density at radius 3 is 2.52 bits per heavy atom. The Hall–Kier alpha value is -2.15. The van der Waals surface area contributed by atoms with Crippen LogP contribution in [-0.4, -0.2) is 4.98 Å². The van der Waals surface area contributed by atoms with E-state index in [1.165, 1.54) is 22.0 Å². The molecule has 0 bridgehead atoms. The maximum Gasteiger partial charge on any atom is 0.0407 e. The van der Waals surface area contributed by atoms with Crippen LogP contribution in [0.4, 0.5) is 0 Å². The van der Waals surface area contributed by atoms with Gasteiger partial charge in [0, 0.05) is 11.4 Å². The van der Waals surface area contributed by atoms with E-state index < -0.39 is 0 Å². The van der Waals surface area contributed by atoms with Crippen LogP contribution in [0.5, 0.6) is 0 Å². The zero-order chi connectivity index (χ0) is 14.7. The summed E-state index contributed by atoms with van der Waals surface area (Å²) in [5.41, 5.74) is 3.74. The molecule has 1 aromatic heterocycles. The highest BCUT2D eigenvalue weighted by molar-refractivity contribution is 5.86. The predicted molar refractivity (Wildman–Crippen MR) is 89.7 cm³/mol. The van der Waals surface area contributed by atoms with Crippen LogP contribution in [0.25, 0.3) is 10.8 Å². The zero-order valence-corrected chi connectivity index (χ0v) is 12.7. The highest BCUT2D eigenvalue weighted by Crippen LogP contribution is 2.28. The Bertz CT molecular complexity index is 740. The highest BCUT2D eigenvalue weighted by atomic mass is 14.7. The molecular weight excluding hydrogens is 254 g/mol. The maximum absolute atomic E-state index is 4.60. The molecule has 1 nitrogen and oxygen atoms in total. The summed E-state index contributed by atoms with van der Waals surface area (Å²) >= 11 is 0. The Balaban J connectivity index is 1.79. The van der Waals surface area contributed by atoms with Crippen molar-refractivity contribution in [3.63, 3.8) is 0 Å². The normalized spacial score (nSPS) is 12.5. The van der Waals surface area contributed by atoms with Gasteiger partial charge in [0.05, 0.1) is 0 Å². The first-order valence-corrected chi connectivity index (χ1v) is 7.64. The predicted octanol–water partition coefficient (Wildman–Crippen LogP) is 5.28. The van der Waals surface area contributed by atoms with Gasteiger partial charge in [-0.25, -0.2) is 0 Å². The fraction of sp³-hybridized carbons (Fsp3) is 0.250. The second-order valence-electron chi connectivity index (χ2n) is 5.78. The van der Waals surface area contributed by atoms with Crippen molar-refractivity contribution in [2.45, 2.75) is 32.6 Å². The van der Waals surface area contributed by atoms with E-state index in [4.69, 9.17) is 0 Å². The summed E-state index contributed by atoms with van der Waals surface area (Å²) in [6, 6.07) is 21.5. The number of aromatic nitrogens is 1. The lowest BCUT2D eigenvalue weighted by Crippen LogP contribution is -1.99. The van der Waals surface area contributed by atoms with Crippen LogP contribution in [-0.2, 0) is 6.42 Å². The number of nitrogens with zero attached hydrogens (tertiary/aromatic N) is 1. The van der Waals surface area contributed by atoms with E-state index in [0.29, 0.717) is 5.92 Å². The lowest BCUT2D eigenvalue weighted by atomic mass is 9.91. The van der Waals surface area contributed by atoms with Gasteiger partial charge in [-0.15, -0.1) is 0 Å². The molecule has 0 saturated heterocycles. The fourth-order valence-electron chi connectivity index (χ4n) is 2.94. The fourth-order valence-corrected chi connectivity index (χ4v) is 2.94. The van der Waals surface area contributed by atoms with Crippen LogP contribution in [0, 0.1) is 6.92 Å². The Labute approximate surface area is 126 Å². The molecule has 3 aromatic rings. The number of fused-ring (bicyclic) bond motifs is 1. The molecule has 0 amide bonds. The lowest BCUT2D eigenvalue weighted by Gasteiger charge is -2.14. The van der Waals surface area contributed by atoms with Gasteiger partial charge in [-0.05, 0) is 54.2 Å². The lowest BCUT2D eigenvalue weighted by molar-refractivity contribution is 0.674. The van der Waals surface area contributed by atoms with Gasteiger partial charge < -0.3 is 0 Å². The minimum Gasteiger partial charge on any atom is -0.258 e. The molecule has 0 spiro atoms. The van der Waals surface area contributed by atoms with Gasteiger partial charge in [0.1, 0.15) is 0 Å². The summed E-state index contributed by atoms with van der Waals surface area (Å²) in [5, 5.41) is 2.71. The van der Waals surface area contributed by atoms with E-state index in [-0.39, 0.29) is 0 Å². The van der Waals surface area contributed by atoms with Crippen LogP contribution in [0.3, 0.4) is 0 Å². The Kier molecular flexibility index (Phi) is 4.01. The van der Waals surface area contributed by atoms with Crippen LogP contribution in [0.1, 0.15) is 36.2 Å². The van der Waals surface area contributed by atoms with Gasteiger partial charge in [0.25, 0.3) is 0 Å². The van der Waals surface area contributed by atoms with Crippen LogP contribution in [0.2, 0.25) is 0 Å². The maximum atomic E-state index is 4.60. The monoisotopic (exact) mass is 275 g/mol. The molecule has 0 fully saturated rings.